The normalized spacial score (nSPS) is 13.2. The average Bonchev–Trinajstić information content (AvgIpc) is 3.07. The van der Waals surface area contributed by atoms with Gasteiger partial charge in [-0.2, -0.15) is 0 Å². The van der Waals surface area contributed by atoms with Crippen LogP contribution in [0.5, 0.6) is 0 Å². The summed E-state index contributed by atoms with van der Waals surface area (Å²) in [6.45, 7) is 0. The Hall–Kier alpha value is -5.54. The lowest BCUT2D eigenvalue weighted by molar-refractivity contribution is 0.985. The zero-order valence-corrected chi connectivity index (χ0v) is 23.6. The molecule has 8 rings (SSSR count). The van der Waals surface area contributed by atoms with Gasteiger partial charge in [-0.3, -0.25) is 5.41 Å². The summed E-state index contributed by atoms with van der Waals surface area (Å²) in [5.41, 5.74) is 12.7. The summed E-state index contributed by atoms with van der Waals surface area (Å²) in [4.78, 5) is 4.54. The van der Waals surface area contributed by atoms with Crippen LogP contribution in [0.25, 0.3) is 60.3 Å². The first kappa shape index (κ1) is 25.2. The van der Waals surface area contributed by atoms with E-state index in [0.29, 0.717) is 5.84 Å². The molecule has 0 saturated carbocycles. The lowest BCUT2D eigenvalue weighted by Crippen LogP contribution is -2.16. The van der Waals surface area contributed by atoms with E-state index in [-0.39, 0.29) is 5.84 Å². The zero-order chi connectivity index (χ0) is 28.9. The van der Waals surface area contributed by atoms with Crippen molar-refractivity contribution in [3.63, 3.8) is 0 Å². The minimum absolute atomic E-state index is 0.147. The number of benzene rings is 7. The van der Waals surface area contributed by atoms with E-state index < -0.39 is 0 Å². The first-order valence-corrected chi connectivity index (χ1v) is 14.7. The fourth-order valence-corrected chi connectivity index (χ4v) is 6.68. The molecule has 0 bridgehead atoms. The SMILES string of the molecule is N=C(N=C(N)c1ccc2c(c1)C=CCC2)c1cccc(-c2cc3c4ccccc4c4ccccc4c3c3ccccc23)c1. The van der Waals surface area contributed by atoms with E-state index in [2.05, 4.69) is 120 Å². The third-order valence-electron chi connectivity index (χ3n) is 8.75. The molecule has 0 heterocycles. The molecular weight excluding hydrogens is 522 g/mol. The molecule has 7 aromatic rings. The molecule has 43 heavy (non-hydrogen) atoms. The molecule has 7 aromatic carbocycles. The summed E-state index contributed by atoms with van der Waals surface area (Å²) < 4.78 is 0. The minimum Gasteiger partial charge on any atom is -0.383 e. The molecular formula is C40H29N3. The molecule has 3 N–H and O–H groups in total. The lowest BCUT2D eigenvalue weighted by atomic mass is 9.87. The minimum atomic E-state index is 0.147. The highest BCUT2D eigenvalue weighted by Gasteiger charge is 2.16. The van der Waals surface area contributed by atoms with E-state index in [4.69, 9.17) is 11.1 Å². The van der Waals surface area contributed by atoms with Crippen LogP contribution in [-0.4, -0.2) is 11.7 Å². The lowest BCUT2D eigenvalue weighted by Gasteiger charge is -2.16. The topological polar surface area (TPSA) is 62.2 Å². The van der Waals surface area contributed by atoms with Crippen molar-refractivity contribution < 1.29 is 0 Å². The van der Waals surface area contributed by atoms with E-state index in [1.54, 1.807) is 0 Å². The van der Waals surface area contributed by atoms with Crippen molar-refractivity contribution in [3.8, 4) is 11.1 Å². The molecule has 1 aliphatic carbocycles. The van der Waals surface area contributed by atoms with Gasteiger partial charge in [0.15, 0.2) is 5.84 Å². The molecule has 0 saturated heterocycles. The molecule has 0 atom stereocenters. The number of aliphatic imine (C=N–C) groups is 1. The van der Waals surface area contributed by atoms with Gasteiger partial charge in [0, 0.05) is 11.1 Å². The first-order chi connectivity index (χ1) is 21.2. The molecule has 0 aliphatic heterocycles. The summed E-state index contributed by atoms with van der Waals surface area (Å²) in [7, 11) is 0. The van der Waals surface area contributed by atoms with Crippen LogP contribution in [0.15, 0.2) is 132 Å². The largest absolute Gasteiger partial charge is 0.383 e. The van der Waals surface area contributed by atoms with Gasteiger partial charge in [0.1, 0.15) is 5.84 Å². The Bertz CT molecular complexity index is 2320. The van der Waals surface area contributed by atoms with Gasteiger partial charge in [-0.05, 0) is 96.4 Å². The highest BCUT2D eigenvalue weighted by Crippen LogP contribution is 2.42. The Kier molecular flexibility index (Phi) is 5.90. The maximum Gasteiger partial charge on any atom is 0.154 e. The van der Waals surface area contributed by atoms with Crippen molar-refractivity contribution in [1.29, 1.82) is 5.41 Å². The molecule has 0 unspecified atom stereocenters. The smallest absolute Gasteiger partial charge is 0.154 e. The molecule has 0 amide bonds. The van der Waals surface area contributed by atoms with Gasteiger partial charge in [-0.15, -0.1) is 0 Å². The Morgan fingerprint density at radius 1 is 0.605 bits per heavy atom. The molecule has 0 spiro atoms. The van der Waals surface area contributed by atoms with Crippen molar-refractivity contribution in [2.45, 2.75) is 12.8 Å². The number of nitrogens with two attached hydrogens (primary N) is 1. The monoisotopic (exact) mass is 551 g/mol. The second-order valence-corrected chi connectivity index (χ2v) is 11.3. The fraction of sp³-hybridized carbons (Fsp3) is 0.0500. The van der Waals surface area contributed by atoms with Crippen LogP contribution in [0, 0.1) is 5.41 Å². The van der Waals surface area contributed by atoms with Crippen LogP contribution in [0.1, 0.15) is 28.7 Å². The average molecular weight is 552 g/mol. The predicted octanol–water partition coefficient (Wildman–Crippen LogP) is 9.66. The van der Waals surface area contributed by atoms with Crippen molar-refractivity contribution in [3.05, 3.63) is 150 Å². The van der Waals surface area contributed by atoms with E-state index in [1.165, 1.54) is 54.2 Å². The standard InChI is InChI=1S/C40H29N3/c41-39(43-40(42)29-21-20-25-10-1-2-11-26(25)22-29)28-13-9-12-27(23-28)36-24-37-32-16-4-3-14-30(32)31-15-5-7-18-34(31)38(37)35-19-8-6-17-33(35)36/h2-9,11-24H,1,10H2,(H3,41,42,43). The third kappa shape index (κ3) is 4.21. The van der Waals surface area contributed by atoms with Gasteiger partial charge in [-0.25, -0.2) is 4.99 Å². The van der Waals surface area contributed by atoms with Gasteiger partial charge >= 0.3 is 0 Å². The first-order valence-electron chi connectivity index (χ1n) is 14.7. The van der Waals surface area contributed by atoms with Crippen molar-refractivity contribution >= 4 is 60.8 Å². The van der Waals surface area contributed by atoms with E-state index in [1.807, 2.05) is 18.2 Å². The van der Waals surface area contributed by atoms with Gasteiger partial charge < -0.3 is 5.73 Å². The number of hydrogen-bond acceptors (Lipinski definition) is 1. The van der Waals surface area contributed by atoms with Crippen LogP contribution in [0.3, 0.4) is 0 Å². The number of amidine groups is 2. The maximum atomic E-state index is 8.87. The van der Waals surface area contributed by atoms with Crippen molar-refractivity contribution in [2.24, 2.45) is 10.7 Å². The Balaban J connectivity index is 1.28. The number of rotatable bonds is 3. The number of hydrogen-bond donors (Lipinski definition) is 2. The highest BCUT2D eigenvalue weighted by molar-refractivity contribution is 6.33. The van der Waals surface area contributed by atoms with E-state index in [9.17, 15) is 0 Å². The molecule has 3 nitrogen and oxygen atoms in total. The number of fused-ring (bicyclic) bond motifs is 9. The van der Waals surface area contributed by atoms with Gasteiger partial charge in [-0.1, -0.05) is 115 Å². The quantitative estimate of drug-likeness (QED) is 0.128. The summed E-state index contributed by atoms with van der Waals surface area (Å²) in [6, 6.07) is 42.7. The van der Waals surface area contributed by atoms with Crippen LogP contribution in [-0.2, 0) is 6.42 Å². The zero-order valence-electron chi connectivity index (χ0n) is 23.6. The van der Waals surface area contributed by atoms with E-state index >= 15 is 0 Å². The van der Waals surface area contributed by atoms with Crippen LogP contribution >= 0.6 is 0 Å². The summed E-state index contributed by atoms with van der Waals surface area (Å²) >= 11 is 0. The van der Waals surface area contributed by atoms with Crippen LogP contribution in [0.4, 0.5) is 0 Å². The Morgan fingerprint density at radius 3 is 2.02 bits per heavy atom. The number of nitrogens with one attached hydrogen (secondary N) is 1. The number of nitrogens with zero attached hydrogens (tertiary/aromatic N) is 1. The van der Waals surface area contributed by atoms with Crippen LogP contribution in [0.2, 0.25) is 0 Å². The van der Waals surface area contributed by atoms with Gasteiger partial charge in [0.25, 0.3) is 0 Å². The number of aryl methyl sites for hydroxylation is 1. The third-order valence-corrected chi connectivity index (χ3v) is 8.75. The van der Waals surface area contributed by atoms with Crippen molar-refractivity contribution in [2.75, 3.05) is 0 Å². The molecule has 0 fully saturated rings. The molecule has 0 aromatic heterocycles. The molecule has 1 aliphatic rings. The maximum absolute atomic E-state index is 8.87. The van der Waals surface area contributed by atoms with Gasteiger partial charge in [0.2, 0.25) is 0 Å². The Labute approximate surface area is 250 Å². The van der Waals surface area contributed by atoms with Crippen molar-refractivity contribution in [1.82, 2.24) is 0 Å². The predicted molar refractivity (Wildman–Crippen MR) is 183 cm³/mol. The van der Waals surface area contributed by atoms with Crippen LogP contribution < -0.4 is 5.73 Å². The molecule has 204 valence electrons. The highest BCUT2D eigenvalue weighted by atomic mass is 14.9. The molecule has 0 radical (unpaired) electrons. The van der Waals surface area contributed by atoms with E-state index in [0.717, 1.165) is 35.1 Å². The van der Waals surface area contributed by atoms with Gasteiger partial charge in [0.05, 0.1) is 0 Å². The molecule has 3 heteroatoms. The second-order valence-electron chi connectivity index (χ2n) is 11.3. The second kappa shape index (κ2) is 10.1. The summed E-state index contributed by atoms with van der Waals surface area (Å²) in [5, 5.41) is 18.8. The summed E-state index contributed by atoms with van der Waals surface area (Å²) in [5.74, 6) is 0.501. The fourth-order valence-electron chi connectivity index (χ4n) is 6.68. The Morgan fingerprint density at radius 2 is 1.26 bits per heavy atom. The number of allylic oxidation sites excluding steroid dienone is 1. The summed E-state index contributed by atoms with van der Waals surface area (Å²) in [6.07, 6.45) is 6.44.